The molecule has 4 rings (SSSR count). The summed E-state index contributed by atoms with van der Waals surface area (Å²) in [5.41, 5.74) is 7.66. The molecule has 0 aliphatic carbocycles. The van der Waals surface area contributed by atoms with Crippen LogP contribution in [0.25, 0.3) is 11.2 Å². The normalized spacial score (nSPS) is 22.8. The first kappa shape index (κ1) is 22.3. The number of nitrogen functional groups attached to an aromatic ring is 1. The van der Waals surface area contributed by atoms with Crippen LogP contribution in [0.5, 0.6) is 0 Å². The number of urea groups is 1. The lowest BCUT2D eigenvalue weighted by molar-refractivity contribution is -0.0289. The fourth-order valence-electron chi connectivity index (χ4n) is 3.43. The maximum Gasteiger partial charge on any atom is 0.315 e. The predicted octanol–water partition coefficient (Wildman–Crippen LogP) is 0.260. The van der Waals surface area contributed by atoms with E-state index in [0.717, 1.165) is 5.56 Å². The Labute approximate surface area is 188 Å². The van der Waals surface area contributed by atoms with Gasteiger partial charge in [0.05, 0.1) is 12.4 Å². The van der Waals surface area contributed by atoms with Crippen LogP contribution in [-0.4, -0.2) is 72.1 Å². The summed E-state index contributed by atoms with van der Waals surface area (Å²) in [5, 5.41) is 26.5. The molecule has 3 heterocycles. The lowest BCUT2D eigenvalue weighted by atomic mass is 10.1. The number of nitrogens with two attached hydrogens (primary N) is 1. The number of hydrogen-bond acceptors (Lipinski definition) is 9. The average molecular weight is 460 g/mol. The van der Waals surface area contributed by atoms with Crippen molar-refractivity contribution < 1.29 is 19.7 Å². The minimum absolute atomic E-state index is 0.231. The molecular formula is C20H25N7O4S. The lowest BCUT2D eigenvalue weighted by Crippen LogP contribution is -2.36. The smallest absolute Gasteiger partial charge is 0.315 e. The molecule has 2 amide bonds. The molecule has 3 aromatic rings. The zero-order valence-electron chi connectivity index (χ0n) is 17.2. The van der Waals surface area contributed by atoms with Crippen LogP contribution in [0, 0.1) is 0 Å². The monoisotopic (exact) mass is 459 g/mol. The summed E-state index contributed by atoms with van der Waals surface area (Å²) in [6.45, 7) is 0.920. The summed E-state index contributed by atoms with van der Waals surface area (Å²) in [5.74, 6) is 1.31. The fourth-order valence-corrected chi connectivity index (χ4v) is 4.35. The van der Waals surface area contributed by atoms with E-state index in [-0.39, 0.29) is 11.8 Å². The highest BCUT2D eigenvalue weighted by atomic mass is 32.2. The number of hydrogen-bond donors (Lipinski definition) is 5. The third-order valence-corrected chi connectivity index (χ3v) is 6.17. The summed E-state index contributed by atoms with van der Waals surface area (Å²) in [6.07, 6.45) is -0.851. The number of rotatable bonds is 8. The number of aliphatic hydroxyl groups is 2. The molecule has 6 N–H and O–H groups in total. The van der Waals surface area contributed by atoms with E-state index in [1.165, 1.54) is 24.4 Å². The minimum atomic E-state index is -1.14. The number of aromatic nitrogens is 4. The Kier molecular flexibility index (Phi) is 7.05. The van der Waals surface area contributed by atoms with E-state index in [1.807, 2.05) is 30.3 Å². The molecule has 2 aromatic heterocycles. The fraction of sp³-hybridized carbons (Fsp3) is 0.400. The van der Waals surface area contributed by atoms with Crippen molar-refractivity contribution in [3.05, 3.63) is 48.5 Å². The van der Waals surface area contributed by atoms with Crippen molar-refractivity contribution in [2.24, 2.45) is 0 Å². The van der Waals surface area contributed by atoms with Gasteiger partial charge in [-0.05, 0) is 5.56 Å². The molecule has 4 atom stereocenters. The van der Waals surface area contributed by atoms with Crippen molar-refractivity contribution in [1.82, 2.24) is 30.2 Å². The topological polar surface area (TPSA) is 160 Å². The summed E-state index contributed by atoms with van der Waals surface area (Å²) in [4.78, 5) is 24.1. The van der Waals surface area contributed by atoms with Crippen LogP contribution >= 0.6 is 11.8 Å². The number of ether oxygens (including phenoxy) is 1. The summed E-state index contributed by atoms with van der Waals surface area (Å²) in [6, 6.07) is 9.42. The molecule has 0 saturated carbocycles. The molecule has 1 aliphatic rings. The molecule has 12 heteroatoms. The van der Waals surface area contributed by atoms with E-state index in [2.05, 4.69) is 25.6 Å². The Morgan fingerprint density at radius 2 is 1.97 bits per heavy atom. The van der Waals surface area contributed by atoms with Gasteiger partial charge < -0.3 is 31.3 Å². The average Bonchev–Trinajstić information content (AvgIpc) is 3.35. The SMILES string of the molecule is Nc1ncnc2c1ncn2C1OC(CSCCNC(=O)NCc2ccccc2)C(O)C1O. The van der Waals surface area contributed by atoms with Gasteiger partial charge >= 0.3 is 6.03 Å². The zero-order chi connectivity index (χ0) is 22.5. The van der Waals surface area contributed by atoms with Gasteiger partial charge in [-0.1, -0.05) is 30.3 Å². The maximum atomic E-state index is 11.9. The van der Waals surface area contributed by atoms with E-state index in [9.17, 15) is 15.0 Å². The van der Waals surface area contributed by atoms with E-state index in [1.54, 1.807) is 4.57 Å². The molecule has 1 aliphatic heterocycles. The number of amides is 2. The third kappa shape index (κ3) is 4.93. The standard InChI is InChI=1S/C20H25N7O4S/c21-17-14-18(25-10-24-17)27(11-26-14)19-16(29)15(28)13(31-19)9-32-7-6-22-20(30)23-8-12-4-2-1-3-5-12/h1-5,10-11,13,15-16,19,28-29H,6-9H2,(H2,21,24,25)(H2,22,23,30). The molecule has 4 unspecified atom stereocenters. The highest BCUT2D eigenvalue weighted by Gasteiger charge is 2.44. The molecule has 1 saturated heterocycles. The Balaban J connectivity index is 1.21. The van der Waals surface area contributed by atoms with Gasteiger partial charge in [-0.15, -0.1) is 0 Å². The molecule has 1 aromatic carbocycles. The summed E-state index contributed by atoms with van der Waals surface area (Å²) in [7, 11) is 0. The zero-order valence-corrected chi connectivity index (χ0v) is 18.0. The van der Waals surface area contributed by atoms with Crippen LogP contribution in [0.3, 0.4) is 0 Å². The molecule has 170 valence electrons. The second-order valence-corrected chi connectivity index (χ2v) is 8.45. The number of benzene rings is 1. The molecule has 1 fully saturated rings. The Bertz CT molecular complexity index is 1050. The van der Waals surface area contributed by atoms with Gasteiger partial charge in [0.1, 0.15) is 24.1 Å². The second-order valence-electron chi connectivity index (χ2n) is 7.30. The highest BCUT2D eigenvalue weighted by molar-refractivity contribution is 7.99. The Morgan fingerprint density at radius 1 is 1.16 bits per heavy atom. The van der Waals surface area contributed by atoms with Crippen LogP contribution in [0.1, 0.15) is 11.8 Å². The van der Waals surface area contributed by atoms with Crippen molar-refractivity contribution in [1.29, 1.82) is 0 Å². The van der Waals surface area contributed by atoms with Crippen LogP contribution in [0.15, 0.2) is 43.0 Å². The van der Waals surface area contributed by atoms with Gasteiger partial charge in [-0.3, -0.25) is 4.57 Å². The van der Waals surface area contributed by atoms with Crippen LogP contribution < -0.4 is 16.4 Å². The van der Waals surface area contributed by atoms with Gasteiger partial charge in [-0.25, -0.2) is 19.7 Å². The minimum Gasteiger partial charge on any atom is -0.387 e. The van der Waals surface area contributed by atoms with E-state index in [4.69, 9.17) is 10.5 Å². The highest BCUT2D eigenvalue weighted by Crippen LogP contribution is 2.33. The number of thioether (sulfide) groups is 1. The number of nitrogens with zero attached hydrogens (tertiary/aromatic N) is 4. The number of aliphatic hydroxyl groups excluding tert-OH is 2. The van der Waals surface area contributed by atoms with Crippen LogP contribution in [0.4, 0.5) is 10.6 Å². The van der Waals surface area contributed by atoms with Crippen molar-refractivity contribution in [2.75, 3.05) is 23.8 Å². The van der Waals surface area contributed by atoms with Crippen molar-refractivity contribution in [2.45, 2.75) is 31.1 Å². The van der Waals surface area contributed by atoms with Gasteiger partial charge in [0.2, 0.25) is 0 Å². The molecule has 0 spiro atoms. The lowest BCUT2D eigenvalue weighted by Gasteiger charge is -2.16. The first-order chi connectivity index (χ1) is 15.5. The Hall–Kier alpha value is -2.93. The number of anilines is 1. The van der Waals surface area contributed by atoms with E-state index >= 15 is 0 Å². The summed E-state index contributed by atoms with van der Waals surface area (Å²) < 4.78 is 7.44. The first-order valence-electron chi connectivity index (χ1n) is 10.1. The van der Waals surface area contributed by atoms with E-state index < -0.39 is 24.5 Å². The maximum absolute atomic E-state index is 11.9. The van der Waals surface area contributed by atoms with Crippen molar-refractivity contribution in [3.8, 4) is 0 Å². The largest absolute Gasteiger partial charge is 0.387 e. The summed E-state index contributed by atoms with van der Waals surface area (Å²) >= 11 is 1.51. The number of carbonyl (C=O) groups excluding carboxylic acids is 1. The molecule has 0 radical (unpaired) electrons. The number of fused-ring (bicyclic) bond motifs is 1. The molecule has 32 heavy (non-hydrogen) atoms. The Morgan fingerprint density at radius 3 is 2.78 bits per heavy atom. The van der Waals surface area contributed by atoms with Gasteiger partial charge in [0, 0.05) is 24.6 Å². The first-order valence-corrected chi connectivity index (χ1v) is 11.3. The molecular weight excluding hydrogens is 434 g/mol. The van der Waals surface area contributed by atoms with Gasteiger partial charge in [-0.2, -0.15) is 11.8 Å². The predicted molar refractivity (Wildman–Crippen MR) is 120 cm³/mol. The number of nitrogens with one attached hydrogen (secondary N) is 2. The number of carbonyl (C=O) groups is 1. The van der Waals surface area contributed by atoms with Crippen LogP contribution in [0.2, 0.25) is 0 Å². The second kappa shape index (κ2) is 10.1. The van der Waals surface area contributed by atoms with E-state index in [0.29, 0.717) is 35.8 Å². The van der Waals surface area contributed by atoms with Gasteiger partial charge in [0.25, 0.3) is 0 Å². The van der Waals surface area contributed by atoms with Crippen molar-refractivity contribution in [3.63, 3.8) is 0 Å². The molecule has 0 bridgehead atoms. The van der Waals surface area contributed by atoms with Gasteiger partial charge in [0.15, 0.2) is 17.7 Å². The molecule has 11 nitrogen and oxygen atoms in total. The van der Waals surface area contributed by atoms with Crippen molar-refractivity contribution >= 4 is 34.8 Å². The third-order valence-electron chi connectivity index (χ3n) is 5.11. The number of imidazole rings is 1. The van der Waals surface area contributed by atoms with Crippen LogP contribution in [-0.2, 0) is 11.3 Å². The quantitative estimate of drug-likeness (QED) is 0.298.